The summed E-state index contributed by atoms with van der Waals surface area (Å²) in [6.07, 6.45) is 3.63. The quantitative estimate of drug-likeness (QED) is 0.671. The van der Waals surface area contributed by atoms with Crippen LogP contribution in [0.2, 0.25) is 0 Å². The number of amides is 1. The van der Waals surface area contributed by atoms with Crippen LogP contribution in [0.25, 0.3) is 5.52 Å². The minimum Gasteiger partial charge on any atom is -0.435 e. The van der Waals surface area contributed by atoms with Crippen LogP contribution in [0.3, 0.4) is 0 Å². The molecule has 0 spiro atoms. The van der Waals surface area contributed by atoms with Crippen molar-refractivity contribution in [3.63, 3.8) is 0 Å². The van der Waals surface area contributed by atoms with Crippen molar-refractivity contribution in [3.05, 3.63) is 54.9 Å². The SMILES string of the molecule is C[C@@H](Sc1ncc2ccccn12)C(=O)Nc1ccc(OC(F)F)cc1. The number of thioether (sulfide) groups is 1. The molecule has 25 heavy (non-hydrogen) atoms. The molecule has 0 unspecified atom stereocenters. The van der Waals surface area contributed by atoms with E-state index in [-0.39, 0.29) is 16.9 Å². The molecule has 0 fully saturated rings. The van der Waals surface area contributed by atoms with Gasteiger partial charge in [0.1, 0.15) is 5.75 Å². The molecule has 0 radical (unpaired) electrons. The number of aromatic nitrogens is 2. The summed E-state index contributed by atoms with van der Waals surface area (Å²) in [6.45, 7) is -1.10. The van der Waals surface area contributed by atoms with Crippen LogP contribution >= 0.6 is 11.8 Å². The minimum atomic E-state index is -2.87. The van der Waals surface area contributed by atoms with Crippen LogP contribution in [0.4, 0.5) is 14.5 Å². The Hall–Kier alpha value is -2.61. The van der Waals surface area contributed by atoms with Gasteiger partial charge in [0.05, 0.1) is 17.0 Å². The van der Waals surface area contributed by atoms with E-state index in [1.54, 1.807) is 13.1 Å². The number of halogens is 2. The summed E-state index contributed by atoms with van der Waals surface area (Å²) in [4.78, 5) is 16.6. The van der Waals surface area contributed by atoms with E-state index in [0.717, 1.165) is 10.7 Å². The molecule has 8 heteroatoms. The largest absolute Gasteiger partial charge is 0.435 e. The van der Waals surface area contributed by atoms with Gasteiger partial charge in [-0.1, -0.05) is 17.8 Å². The van der Waals surface area contributed by atoms with E-state index >= 15 is 0 Å². The van der Waals surface area contributed by atoms with Crippen molar-refractivity contribution in [2.75, 3.05) is 5.32 Å². The summed E-state index contributed by atoms with van der Waals surface area (Å²) in [5.41, 5.74) is 1.46. The summed E-state index contributed by atoms with van der Waals surface area (Å²) in [6, 6.07) is 11.5. The molecule has 0 saturated carbocycles. The molecule has 130 valence electrons. The number of carbonyl (C=O) groups excluding carboxylic acids is 1. The van der Waals surface area contributed by atoms with Gasteiger partial charge in [-0.25, -0.2) is 4.98 Å². The first-order valence-corrected chi connectivity index (χ1v) is 8.35. The molecule has 1 amide bonds. The van der Waals surface area contributed by atoms with E-state index in [9.17, 15) is 13.6 Å². The monoisotopic (exact) mass is 363 g/mol. The lowest BCUT2D eigenvalue weighted by Gasteiger charge is -2.12. The molecular weight excluding hydrogens is 348 g/mol. The molecule has 3 rings (SSSR count). The van der Waals surface area contributed by atoms with E-state index in [1.165, 1.54) is 36.0 Å². The maximum atomic E-state index is 12.3. The summed E-state index contributed by atoms with van der Waals surface area (Å²) < 4.78 is 30.4. The number of fused-ring (bicyclic) bond motifs is 1. The summed E-state index contributed by atoms with van der Waals surface area (Å²) >= 11 is 1.33. The minimum absolute atomic E-state index is 0.0410. The smallest absolute Gasteiger partial charge is 0.387 e. The number of anilines is 1. The van der Waals surface area contributed by atoms with Crippen molar-refractivity contribution in [2.45, 2.75) is 23.9 Å². The lowest BCUT2D eigenvalue weighted by molar-refractivity contribution is -0.115. The second kappa shape index (κ2) is 7.52. The zero-order chi connectivity index (χ0) is 17.8. The molecule has 2 aromatic heterocycles. The summed E-state index contributed by atoms with van der Waals surface area (Å²) in [7, 11) is 0. The average molecular weight is 363 g/mol. The number of rotatable bonds is 6. The van der Waals surface area contributed by atoms with Gasteiger partial charge in [-0.15, -0.1) is 0 Å². The first kappa shape index (κ1) is 17.2. The van der Waals surface area contributed by atoms with Crippen LogP contribution < -0.4 is 10.1 Å². The molecule has 1 N–H and O–H groups in total. The first-order valence-electron chi connectivity index (χ1n) is 7.47. The molecule has 0 aliphatic carbocycles. The molecule has 5 nitrogen and oxygen atoms in total. The van der Waals surface area contributed by atoms with Crippen LogP contribution in [0.5, 0.6) is 5.75 Å². The lowest BCUT2D eigenvalue weighted by Crippen LogP contribution is -2.22. The Labute approximate surface area is 147 Å². The van der Waals surface area contributed by atoms with Crippen LogP contribution in [-0.2, 0) is 4.79 Å². The van der Waals surface area contributed by atoms with E-state index < -0.39 is 6.61 Å². The zero-order valence-corrected chi connectivity index (χ0v) is 14.0. The Balaban J connectivity index is 1.62. The summed E-state index contributed by atoms with van der Waals surface area (Å²) in [5, 5.41) is 3.08. The molecule has 0 bridgehead atoms. The third-order valence-electron chi connectivity index (χ3n) is 3.40. The Bertz CT molecular complexity index is 868. The number of hydrogen-bond donors (Lipinski definition) is 1. The van der Waals surface area contributed by atoms with Crippen molar-refractivity contribution in [2.24, 2.45) is 0 Å². The molecule has 2 heterocycles. The number of carbonyl (C=O) groups is 1. The Kier molecular flexibility index (Phi) is 5.18. The predicted molar refractivity (Wildman–Crippen MR) is 92.2 cm³/mol. The van der Waals surface area contributed by atoms with E-state index in [1.807, 2.05) is 28.8 Å². The van der Waals surface area contributed by atoms with Gasteiger partial charge in [-0.3, -0.25) is 9.20 Å². The normalized spacial score (nSPS) is 12.3. The first-order chi connectivity index (χ1) is 12.0. The Morgan fingerprint density at radius 2 is 2.00 bits per heavy atom. The van der Waals surface area contributed by atoms with Gasteiger partial charge in [0.2, 0.25) is 5.91 Å². The molecule has 3 aromatic rings. The number of alkyl halides is 2. The second-order valence-corrected chi connectivity index (χ2v) is 6.50. The molecule has 1 atom stereocenters. The van der Waals surface area contributed by atoms with Crippen molar-refractivity contribution in [3.8, 4) is 5.75 Å². The molecule has 0 aliphatic heterocycles. The second-order valence-electron chi connectivity index (χ2n) is 5.19. The number of benzene rings is 1. The number of pyridine rings is 1. The van der Waals surface area contributed by atoms with E-state index in [0.29, 0.717) is 5.69 Å². The molecular formula is C17H15F2N3O2S. The van der Waals surface area contributed by atoms with E-state index in [4.69, 9.17) is 0 Å². The third kappa shape index (κ3) is 4.27. The number of imidazole rings is 1. The van der Waals surface area contributed by atoms with Crippen molar-refractivity contribution in [1.82, 2.24) is 9.38 Å². The Morgan fingerprint density at radius 1 is 1.24 bits per heavy atom. The Morgan fingerprint density at radius 3 is 2.72 bits per heavy atom. The van der Waals surface area contributed by atoms with Gasteiger partial charge >= 0.3 is 6.61 Å². The van der Waals surface area contributed by atoms with Crippen LogP contribution in [0, 0.1) is 0 Å². The predicted octanol–water partition coefficient (Wildman–Crippen LogP) is 4.06. The highest BCUT2D eigenvalue weighted by Crippen LogP contribution is 2.24. The van der Waals surface area contributed by atoms with Gasteiger partial charge < -0.3 is 10.1 Å². The van der Waals surface area contributed by atoms with Gasteiger partial charge in [0, 0.05) is 11.9 Å². The standard InChI is InChI=1S/C17H15F2N3O2S/c1-11(25-17-20-10-13-4-2-3-9-22(13)17)15(23)21-12-5-7-14(8-6-12)24-16(18)19/h2-11,16H,1H3,(H,21,23)/t11-/m1/s1. The van der Waals surface area contributed by atoms with Gasteiger partial charge in [0.25, 0.3) is 0 Å². The highest BCUT2D eigenvalue weighted by atomic mass is 32.2. The van der Waals surface area contributed by atoms with Gasteiger partial charge in [-0.05, 0) is 43.3 Å². The number of ether oxygens (including phenoxy) is 1. The van der Waals surface area contributed by atoms with Crippen LogP contribution in [0.1, 0.15) is 6.92 Å². The highest BCUT2D eigenvalue weighted by molar-refractivity contribution is 8.00. The summed E-state index contributed by atoms with van der Waals surface area (Å²) in [5.74, 6) is -0.167. The zero-order valence-electron chi connectivity index (χ0n) is 13.2. The fourth-order valence-corrected chi connectivity index (χ4v) is 3.06. The van der Waals surface area contributed by atoms with Gasteiger partial charge in [-0.2, -0.15) is 8.78 Å². The highest BCUT2D eigenvalue weighted by Gasteiger charge is 2.17. The number of nitrogens with one attached hydrogen (secondary N) is 1. The van der Waals surface area contributed by atoms with Crippen LogP contribution in [0.15, 0.2) is 60.0 Å². The van der Waals surface area contributed by atoms with Crippen molar-refractivity contribution in [1.29, 1.82) is 0 Å². The molecule has 1 aromatic carbocycles. The maximum absolute atomic E-state index is 12.3. The number of hydrogen-bond acceptors (Lipinski definition) is 4. The molecule has 0 saturated heterocycles. The van der Waals surface area contributed by atoms with Crippen molar-refractivity contribution < 1.29 is 18.3 Å². The van der Waals surface area contributed by atoms with E-state index in [2.05, 4.69) is 15.0 Å². The molecule has 0 aliphatic rings. The van der Waals surface area contributed by atoms with Crippen LogP contribution in [-0.4, -0.2) is 27.2 Å². The van der Waals surface area contributed by atoms with Gasteiger partial charge in [0.15, 0.2) is 5.16 Å². The topological polar surface area (TPSA) is 55.6 Å². The lowest BCUT2D eigenvalue weighted by atomic mass is 10.3. The average Bonchev–Trinajstić information content (AvgIpc) is 2.99. The fraction of sp³-hybridized carbons (Fsp3) is 0.176. The number of nitrogens with zero attached hydrogens (tertiary/aromatic N) is 2. The fourth-order valence-electron chi connectivity index (χ4n) is 2.18. The van der Waals surface area contributed by atoms with Crippen molar-refractivity contribution >= 4 is 28.9 Å². The third-order valence-corrected chi connectivity index (χ3v) is 4.48. The maximum Gasteiger partial charge on any atom is 0.387 e.